The Labute approximate surface area is 203 Å². The van der Waals surface area contributed by atoms with Gasteiger partial charge in [0.25, 0.3) is 5.56 Å². The fourth-order valence-electron chi connectivity index (χ4n) is 4.68. The number of fused-ring (bicyclic) bond motifs is 1. The zero-order valence-electron chi connectivity index (χ0n) is 21.4. The number of alkyl carbamates (subject to hydrolysis) is 1. The van der Waals surface area contributed by atoms with Crippen LogP contribution in [0.25, 0.3) is 16.6 Å². The molecule has 0 aliphatic carbocycles. The highest BCUT2D eigenvalue weighted by atomic mass is 28.3. The van der Waals surface area contributed by atoms with Crippen molar-refractivity contribution in [2.45, 2.75) is 78.2 Å². The number of hydrogen-bond acceptors (Lipinski definition) is 4. The van der Waals surface area contributed by atoms with Crippen LogP contribution in [0.3, 0.4) is 0 Å². The summed E-state index contributed by atoms with van der Waals surface area (Å²) in [5.41, 5.74) is 0.686. The molecule has 0 radical (unpaired) electrons. The summed E-state index contributed by atoms with van der Waals surface area (Å²) >= 11 is 0. The molecule has 182 valence electrons. The molecule has 2 aromatic carbocycles. The SMILES string of the molecule is CC[Si](CC)(CC)c1cccc2nc([C@H](C)NC(=O)OC(C)(C)C)n(-c3ccccc3)c(=O)c12. The highest BCUT2D eigenvalue weighted by molar-refractivity contribution is 6.93. The average Bonchev–Trinajstić information content (AvgIpc) is 2.79. The molecule has 0 bridgehead atoms. The third kappa shape index (κ3) is 5.09. The summed E-state index contributed by atoms with van der Waals surface area (Å²) < 4.78 is 7.09. The van der Waals surface area contributed by atoms with Gasteiger partial charge in [0.15, 0.2) is 0 Å². The first kappa shape index (κ1) is 25.7. The average molecular weight is 480 g/mol. The molecule has 1 amide bonds. The summed E-state index contributed by atoms with van der Waals surface area (Å²) in [5.74, 6) is 0.475. The summed E-state index contributed by atoms with van der Waals surface area (Å²) in [6.07, 6.45) is -0.544. The van der Waals surface area contributed by atoms with E-state index in [1.807, 2.05) is 70.2 Å². The van der Waals surface area contributed by atoms with E-state index in [1.165, 1.54) is 5.19 Å². The fourth-order valence-corrected chi connectivity index (χ4v) is 8.53. The van der Waals surface area contributed by atoms with E-state index < -0.39 is 25.8 Å². The number of hydrogen-bond donors (Lipinski definition) is 1. The molecule has 34 heavy (non-hydrogen) atoms. The zero-order valence-corrected chi connectivity index (χ0v) is 22.4. The van der Waals surface area contributed by atoms with Gasteiger partial charge < -0.3 is 10.1 Å². The third-order valence-corrected chi connectivity index (χ3v) is 12.3. The summed E-state index contributed by atoms with van der Waals surface area (Å²) in [5, 5.41) is 4.74. The minimum Gasteiger partial charge on any atom is -0.444 e. The Morgan fingerprint density at radius 2 is 1.65 bits per heavy atom. The minimum atomic E-state index is -1.85. The van der Waals surface area contributed by atoms with Crippen molar-refractivity contribution >= 4 is 30.3 Å². The van der Waals surface area contributed by atoms with E-state index >= 15 is 0 Å². The Balaban J connectivity index is 2.28. The van der Waals surface area contributed by atoms with Crippen molar-refractivity contribution in [3.8, 4) is 5.69 Å². The van der Waals surface area contributed by atoms with Crippen LogP contribution in [0.15, 0.2) is 53.3 Å². The zero-order chi connectivity index (χ0) is 25.1. The first-order valence-electron chi connectivity index (χ1n) is 12.2. The highest BCUT2D eigenvalue weighted by Gasteiger charge is 2.33. The number of benzene rings is 2. The van der Waals surface area contributed by atoms with E-state index in [2.05, 4.69) is 32.2 Å². The number of ether oxygens (including phenoxy) is 1. The van der Waals surface area contributed by atoms with Crippen LogP contribution in [0.2, 0.25) is 18.1 Å². The lowest BCUT2D eigenvalue weighted by Gasteiger charge is -2.30. The first-order valence-corrected chi connectivity index (χ1v) is 14.8. The molecule has 1 N–H and O–H groups in total. The lowest BCUT2D eigenvalue weighted by atomic mass is 10.2. The molecule has 0 saturated carbocycles. The highest BCUT2D eigenvalue weighted by Crippen LogP contribution is 2.24. The van der Waals surface area contributed by atoms with Crippen LogP contribution in [0.5, 0.6) is 0 Å². The predicted octanol–water partition coefficient (Wildman–Crippen LogP) is 5.69. The summed E-state index contributed by atoms with van der Waals surface area (Å²) in [6, 6.07) is 18.2. The Morgan fingerprint density at radius 3 is 2.21 bits per heavy atom. The Morgan fingerprint density at radius 1 is 1.03 bits per heavy atom. The van der Waals surface area contributed by atoms with Crippen molar-refractivity contribution in [1.29, 1.82) is 0 Å². The van der Waals surface area contributed by atoms with Crippen molar-refractivity contribution in [2.75, 3.05) is 0 Å². The van der Waals surface area contributed by atoms with Gasteiger partial charge in [0.2, 0.25) is 0 Å². The van der Waals surface area contributed by atoms with Crippen LogP contribution in [0.1, 0.15) is 60.3 Å². The molecular formula is C27H37N3O3Si. The lowest BCUT2D eigenvalue weighted by molar-refractivity contribution is 0.0505. The molecule has 3 rings (SSSR count). The number of carbonyl (C=O) groups is 1. The van der Waals surface area contributed by atoms with Crippen LogP contribution in [-0.4, -0.2) is 29.3 Å². The molecule has 0 saturated heterocycles. The number of aromatic nitrogens is 2. The van der Waals surface area contributed by atoms with Crippen molar-refractivity contribution in [3.63, 3.8) is 0 Å². The molecule has 0 unspecified atom stereocenters. The van der Waals surface area contributed by atoms with Gasteiger partial charge in [-0.15, -0.1) is 0 Å². The van der Waals surface area contributed by atoms with Crippen LogP contribution in [0, 0.1) is 0 Å². The van der Waals surface area contributed by atoms with Crippen molar-refractivity contribution < 1.29 is 9.53 Å². The maximum absolute atomic E-state index is 14.2. The number of para-hydroxylation sites is 1. The molecule has 6 nitrogen and oxygen atoms in total. The number of rotatable bonds is 7. The summed E-state index contributed by atoms with van der Waals surface area (Å²) in [7, 11) is -1.85. The number of nitrogens with zero attached hydrogens (tertiary/aromatic N) is 2. The Kier molecular flexibility index (Phi) is 7.66. The van der Waals surface area contributed by atoms with E-state index in [1.54, 1.807) is 4.57 Å². The molecule has 1 atom stereocenters. The van der Waals surface area contributed by atoms with Gasteiger partial charge in [-0.25, -0.2) is 9.78 Å². The minimum absolute atomic E-state index is 0.0909. The van der Waals surface area contributed by atoms with Crippen molar-refractivity contribution in [2.24, 2.45) is 0 Å². The third-order valence-electron chi connectivity index (χ3n) is 6.66. The van der Waals surface area contributed by atoms with Crippen molar-refractivity contribution in [3.05, 3.63) is 64.7 Å². The summed E-state index contributed by atoms with van der Waals surface area (Å²) in [6.45, 7) is 14.0. The lowest BCUT2D eigenvalue weighted by Crippen LogP contribution is -2.48. The van der Waals surface area contributed by atoms with E-state index in [0.717, 1.165) is 23.8 Å². The van der Waals surface area contributed by atoms with Gasteiger partial charge in [-0.2, -0.15) is 0 Å². The van der Waals surface area contributed by atoms with Crippen LogP contribution in [0.4, 0.5) is 4.79 Å². The molecule has 0 aliphatic heterocycles. The topological polar surface area (TPSA) is 73.2 Å². The smallest absolute Gasteiger partial charge is 0.408 e. The molecule has 1 aromatic heterocycles. The van der Waals surface area contributed by atoms with Gasteiger partial charge in [-0.1, -0.05) is 69.2 Å². The molecule has 0 aliphatic rings. The maximum Gasteiger partial charge on any atom is 0.408 e. The molecule has 0 spiro atoms. The van der Waals surface area contributed by atoms with Crippen molar-refractivity contribution in [1.82, 2.24) is 14.9 Å². The van der Waals surface area contributed by atoms with Crippen LogP contribution < -0.4 is 16.1 Å². The van der Waals surface area contributed by atoms with Gasteiger partial charge in [0, 0.05) is 0 Å². The fraction of sp³-hybridized carbons (Fsp3) is 0.444. The van der Waals surface area contributed by atoms with Crippen LogP contribution >= 0.6 is 0 Å². The molecule has 3 aromatic rings. The van der Waals surface area contributed by atoms with Crippen LogP contribution in [-0.2, 0) is 4.74 Å². The van der Waals surface area contributed by atoms with E-state index in [0.29, 0.717) is 16.7 Å². The van der Waals surface area contributed by atoms with Gasteiger partial charge >= 0.3 is 6.09 Å². The maximum atomic E-state index is 14.2. The normalized spacial score (nSPS) is 13.0. The van der Waals surface area contributed by atoms with Gasteiger partial charge in [-0.3, -0.25) is 9.36 Å². The van der Waals surface area contributed by atoms with E-state index in [4.69, 9.17) is 9.72 Å². The van der Waals surface area contributed by atoms with Gasteiger partial charge in [0.05, 0.1) is 30.7 Å². The predicted molar refractivity (Wildman–Crippen MR) is 142 cm³/mol. The van der Waals surface area contributed by atoms with E-state index in [-0.39, 0.29) is 5.56 Å². The summed E-state index contributed by atoms with van der Waals surface area (Å²) in [4.78, 5) is 31.6. The quantitative estimate of drug-likeness (QED) is 0.442. The largest absolute Gasteiger partial charge is 0.444 e. The molecule has 7 heteroatoms. The molecule has 0 fully saturated rings. The van der Waals surface area contributed by atoms with Gasteiger partial charge in [-0.05, 0) is 51.1 Å². The standard InChI is InChI=1S/C27H37N3O3Si/c1-8-34(9-2,10-3)22-18-14-17-21-23(22)25(31)30(20-15-12-11-13-16-20)24(29-21)19(4)28-26(32)33-27(5,6)7/h11-19H,8-10H2,1-7H3,(H,28,32)/t19-/m0/s1. The first-order chi connectivity index (χ1) is 16.1. The number of carbonyl (C=O) groups excluding carboxylic acids is 1. The Hall–Kier alpha value is -2.93. The monoisotopic (exact) mass is 479 g/mol. The van der Waals surface area contributed by atoms with E-state index in [9.17, 15) is 9.59 Å². The second-order valence-corrected chi connectivity index (χ2v) is 15.1. The Bertz CT molecular complexity index is 1200. The molecule has 1 heterocycles. The second-order valence-electron chi connectivity index (χ2n) is 9.85. The second kappa shape index (κ2) is 10.1. The molecular weight excluding hydrogens is 442 g/mol. The number of amides is 1. The number of nitrogens with one attached hydrogen (secondary N) is 1. The van der Waals surface area contributed by atoms with Gasteiger partial charge in [0.1, 0.15) is 11.4 Å².